The Morgan fingerprint density at radius 3 is 3.14 bits per heavy atom. The van der Waals surface area contributed by atoms with Crippen molar-refractivity contribution in [3.05, 3.63) is 23.8 Å². The molecule has 4 nitrogen and oxygen atoms in total. The molecule has 1 saturated heterocycles. The number of hydrogen-bond acceptors (Lipinski definition) is 3. The Balaban J connectivity index is 2.14. The first kappa shape index (κ1) is 7.94. The third-order valence-electron chi connectivity index (χ3n) is 2.81. The Kier molecular flexibility index (Phi) is 1.73. The lowest BCUT2D eigenvalue weighted by molar-refractivity contribution is 0.651. The maximum absolute atomic E-state index is 4.19. The molecule has 1 fully saturated rings. The molecule has 2 N–H and O–H groups in total. The Morgan fingerprint density at radius 2 is 2.29 bits per heavy atom. The standard InChI is InChI=1S/C10H12N4/c1-3-7(8-5-2-6-11-8)10-9(4-1)12-14-13-10/h1,3-4,8,11H,2,5-6H2,(H,12,13,14). The van der Waals surface area contributed by atoms with Crippen LogP contribution in [0.15, 0.2) is 18.2 Å². The lowest BCUT2D eigenvalue weighted by atomic mass is 10.0. The van der Waals surface area contributed by atoms with Gasteiger partial charge >= 0.3 is 0 Å². The summed E-state index contributed by atoms with van der Waals surface area (Å²) < 4.78 is 0. The summed E-state index contributed by atoms with van der Waals surface area (Å²) in [4.78, 5) is 0. The zero-order chi connectivity index (χ0) is 9.38. The van der Waals surface area contributed by atoms with Gasteiger partial charge in [0.2, 0.25) is 0 Å². The molecule has 4 heteroatoms. The van der Waals surface area contributed by atoms with Crippen molar-refractivity contribution in [1.29, 1.82) is 0 Å². The number of aromatic amines is 1. The van der Waals surface area contributed by atoms with Crippen LogP contribution in [0.3, 0.4) is 0 Å². The lowest BCUT2D eigenvalue weighted by Crippen LogP contribution is -2.13. The van der Waals surface area contributed by atoms with Gasteiger partial charge < -0.3 is 5.32 Å². The van der Waals surface area contributed by atoms with E-state index in [2.05, 4.69) is 26.8 Å². The van der Waals surface area contributed by atoms with Crippen molar-refractivity contribution in [2.24, 2.45) is 0 Å². The fourth-order valence-electron chi connectivity index (χ4n) is 2.12. The second kappa shape index (κ2) is 3.06. The molecular formula is C10H12N4. The molecular weight excluding hydrogens is 176 g/mol. The van der Waals surface area contributed by atoms with Gasteiger partial charge in [0.15, 0.2) is 0 Å². The van der Waals surface area contributed by atoms with E-state index >= 15 is 0 Å². The van der Waals surface area contributed by atoms with E-state index in [-0.39, 0.29) is 0 Å². The van der Waals surface area contributed by atoms with Crippen LogP contribution < -0.4 is 5.32 Å². The van der Waals surface area contributed by atoms with Crippen molar-refractivity contribution in [3.63, 3.8) is 0 Å². The van der Waals surface area contributed by atoms with Crippen LogP contribution in [-0.4, -0.2) is 22.0 Å². The highest BCUT2D eigenvalue weighted by Crippen LogP contribution is 2.27. The SMILES string of the molecule is c1cc(C2CCCN2)c2n[nH]nc2c1. The molecule has 0 amide bonds. The molecule has 14 heavy (non-hydrogen) atoms. The Morgan fingerprint density at radius 1 is 1.29 bits per heavy atom. The van der Waals surface area contributed by atoms with Gasteiger partial charge in [-0.3, -0.25) is 0 Å². The molecule has 72 valence electrons. The van der Waals surface area contributed by atoms with E-state index < -0.39 is 0 Å². The first-order valence-corrected chi connectivity index (χ1v) is 4.98. The van der Waals surface area contributed by atoms with Crippen molar-refractivity contribution in [2.75, 3.05) is 6.54 Å². The van der Waals surface area contributed by atoms with Gasteiger partial charge in [0, 0.05) is 6.04 Å². The molecule has 0 spiro atoms. The summed E-state index contributed by atoms with van der Waals surface area (Å²) in [5, 5.41) is 14.4. The maximum Gasteiger partial charge on any atom is 0.117 e. The highest BCUT2D eigenvalue weighted by atomic mass is 15.3. The fourth-order valence-corrected chi connectivity index (χ4v) is 2.12. The number of nitrogens with one attached hydrogen (secondary N) is 2. The van der Waals surface area contributed by atoms with Gasteiger partial charge in [-0.25, -0.2) is 0 Å². The predicted octanol–water partition coefficient (Wildman–Crippen LogP) is 1.38. The minimum absolute atomic E-state index is 0.462. The molecule has 0 bridgehead atoms. The van der Waals surface area contributed by atoms with Crippen LogP contribution in [0, 0.1) is 0 Å². The van der Waals surface area contributed by atoms with Gasteiger partial charge in [0.1, 0.15) is 11.0 Å². The van der Waals surface area contributed by atoms with Gasteiger partial charge in [-0.1, -0.05) is 12.1 Å². The van der Waals surface area contributed by atoms with Gasteiger partial charge in [-0.15, -0.1) is 0 Å². The molecule has 0 aliphatic carbocycles. The van der Waals surface area contributed by atoms with Crippen LogP contribution in [0.25, 0.3) is 11.0 Å². The molecule has 3 rings (SSSR count). The number of fused-ring (bicyclic) bond motifs is 1. The molecule has 2 heterocycles. The lowest BCUT2D eigenvalue weighted by Gasteiger charge is -2.09. The summed E-state index contributed by atoms with van der Waals surface area (Å²) >= 11 is 0. The maximum atomic E-state index is 4.19. The third-order valence-corrected chi connectivity index (χ3v) is 2.81. The molecule has 0 radical (unpaired) electrons. The molecule has 1 atom stereocenters. The minimum Gasteiger partial charge on any atom is -0.310 e. The van der Waals surface area contributed by atoms with Crippen molar-refractivity contribution in [3.8, 4) is 0 Å². The van der Waals surface area contributed by atoms with E-state index in [9.17, 15) is 0 Å². The van der Waals surface area contributed by atoms with Gasteiger partial charge in [-0.2, -0.15) is 15.4 Å². The van der Waals surface area contributed by atoms with E-state index in [4.69, 9.17) is 0 Å². The largest absolute Gasteiger partial charge is 0.310 e. The zero-order valence-electron chi connectivity index (χ0n) is 7.83. The van der Waals surface area contributed by atoms with E-state index in [1.807, 2.05) is 12.1 Å². The van der Waals surface area contributed by atoms with Crippen LogP contribution in [0.2, 0.25) is 0 Å². The summed E-state index contributed by atoms with van der Waals surface area (Å²) in [6.45, 7) is 1.11. The van der Waals surface area contributed by atoms with Crippen LogP contribution in [0.4, 0.5) is 0 Å². The molecule has 2 aromatic rings. The fraction of sp³-hybridized carbons (Fsp3) is 0.400. The first-order chi connectivity index (χ1) is 6.95. The Labute approximate surface area is 81.7 Å². The quantitative estimate of drug-likeness (QED) is 0.711. The molecule has 1 aromatic heterocycles. The number of para-hydroxylation sites is 1. The molecule has 1 aliphatic rings. The molecule has 1 aromatic carbocycles. The summed E-state index contributed by atoms with van der Waals surface area (Å²) in [6.07, 6.45) is 2.45. The van der Waals surface area contributed by atoms with Crippen molar-refractivity contribution < 1.29 is 0 Å². The number of hydrogen-bond donors (Lipinski definition) is 2. The number of nitrogens with zero attached hydrogens (tertiary/aromatic N) is 2. The average Bonchev–Trinajstić information content (AvgIpc) is 2.88. The van der Waals surface area contributed by atoms with Crippen LogP contribution in [0.1, 0.15) is 24.4 Å². The highest BCUT2D eigenvalue weighted by Gasteiger charge is 2.19. The predicted molar refractivity (Wildman–Crippen MR) is 53.9 cm³/mol. The number of aromatic nitrogens is 3. The van der Waals surface area contributed by atoms with Crippen LogP contribution >= 0.6 is 0 Å². The monoisotopic (exact) mass is 188 g/mol. The third kappa shape index (κ3) is 1.11. The topological polar surface area (TPSA) is 53.6 Å². The minimum atomic E-state index is 0.462. The average molecular weight is 188 g/mol. The summed E-state index contributed by atoms with van der Waals surface area (Å²) in [6, 6.07) is 6.62. The van der Waals surface area contributed by atoms with E-state index in [0.717, 1.165) is 17.6 Å². The number of H-pyrrole nitrogens is 1. The summed E-state index contributed by atoms with van der Waals surface area (Å²) in [5.41, 5.74) is 3.23. The normalized spacial score (nSPS) is 21.9. The van der Waals surface area contributed by atoms with Gasteiger partial charge in [0.25, 0.3) is 0 Å². The van der Waals surface area contributed by atoms with Crippen LogP contribution in [-0.2, 0) is 0 Å². The van der Waals surface area contributed by atoms with Gasteiger partial charge in [-0.05, 0) is 31.0 Å². The van der Waals surface area contributed by atoms with Crippen molar-refractivity contribution in [2.45, 2.75) is 18.9 Å². The molecule has 1 aliphatic heterocycles. The second-order valence-corrected chi connectivity index (χ2v) is 3.69. The van der Waals surface area contributed by atoms with Crippen molar-refractivity contribution >= 4 is 11.0 Å². The highest BCUT2D eigenvalue weighted by molar-refractivity contribution is 5.77. The van der Waals surface area contributed by atoms with E-state index in [1.165, 1.54) is 18.4 Å². The first-order valence-electron chi connectivity index (χ1n) is 4.98. The smallest absolute Gasteiger partial charge is 0.117 e. The van der Waals surface area contributed by atoms with E-state index in [1.54, 1.807) is 0 Å². The summed E-state index contributed by atoms with van der Waals surface area (Å²) in [5.74, 6) is 0. The van der Waals surface area contributed by atoms with Crippen molar-refractivity contribution in [1.82, 2.24) is 20.7 Å². The Bertz CT molecular complexity index is 442. The number of rotatable bonds is 1. The van der Waals surface area contributed by atoms with Gasteiger partial charge in [0.05, 0.1) is 0 Å². The second-order valence-electron chi connectivity index (χ2n) is 3.69. The molecule has 1 unspecified atom stereocenters. The summed E-state index contributed by atoms with van der Waals surface area (Å²) in [7, 11) is 0. The Hall–Kier alpha value is -1.42. The van der Waals surface area contributed by atoms with Crippen LogP contribution in [0.5, 0.6) is 0 Å². The molecule has 0 saturated carbocycles. The van der Waals surface area contributed by atoms with E-state index in [0.29, 0.717) is 6.04 Å². The zero-order valence-corrected chi connectivity index (χ0v) is 7.83. The number of benzene rings is 1.